The summed E-state index contributed by atoms with van der Waals surface area (Å²) in [4.78, 5) is 23.9. The standard InChI is InChI=1S/C10H16N4O3S/c1-4-6(8(15)16)14(3)10(17)11-9-13-12-7(5-2)18-9/h6H,4-5H2,1-3H3,(H,15,16)(H,11,13,17). The summed E-state index contributed by atoms with van der Waals surface area (Å²) < 4.78 is 0. The van der Waals surface area contributed by atoms with Gasteiger partial charge in [0.05, 0.1) is 0 Å². The normalized spacial score (nSPS) is 11.9. The van der Waals surface area contributed by atoms with Crippen molar-refractivity contribution in [2.75, 3.05) is 12.4 Å². The number of aliphatic carboxylic acids is 1. The van der Waals surface area contributed by atoms with Crippen LogP contribution in [0.25, 0.3) is 0 Å². The summed E-state index contributed by atoms with van der Waals surface area (Å²) >= 11 is 1.28. The maximum absolute atomic E-state index is 11.8. The van der Waals surface area contributed by atoms with Crippen LogP contribution < -0.4 is 5.32 Å². The van der Waals surface area contributed by atoms with Crippen molar-refractivity contribution >= 4 is 28.5 Å². The highest BCUT2D eigenvalue weighted by Crippen LogP contribution is 2.16. The number of hydrogen-bond donors (Lipinski definition) is 2. The summed E-state index contributed by atoms with van der Waals surface area (Å²) in [7, 11) is 1.44. The van der Waals surface area contributed by atoms with Gasteiger partial charge in [0, 0.05) is 7.05 Å². The number of carboxylic acids is 1. The van der Waals surface area contributed by atoms with Gasteiger partial charge in [-0.2, -0.15) is 0 Å². The molecule has 1 aromatic heterocycles. The number of urea groups is 1. The van der Waals surface area contributed by atoms with Gasteiger partial charge in [-0.1, -0.05) is 25.2 Å². The smallest absolute Gasteiger partial charge is 0.326 e. The maximum atomic E-state index is 11.8. The van der Waals surface area contributed by atoms with Gasteiger partial charge in [-0.3, -0.25) is 5.32 Å². The third kappa shape index (κ3) is 3.39. The number of likely N-dealkylation sites (N-methyl/N-ethyl adjacent to an activating group) is 1. The van der Waals surface area contributed by atoms with Gasteiger partial charge in [0.2, 0.25) is 5.13 Å². The molecule has 18 heavy (non-hydrogen) atoms. The highest BCUT2D eigenvalue weighted by molar-refractivity contribution is 7.15. The molecule has 2 amide bonds. The Bertz CT molecular complexity index is 435. The predicted molar refractivity (Wildman–Crippen MR) is 67.8 cm³/mol. The number of nitrogens with one attached hydrogen (secondary N) is 1. The van der Waals surface area contributed by atoms with Crippen LogP contribution in [0.3, 0.4) is 0 Å². The molecule has 0 radical (unpaired) electrons. The molecule has 0 bridgehead atoms. The van der Waals surface area contributed by atoms with Crippen LogP contribution in [0.1, 0.15) is 25.3 Å². The molecule has 100 valence electrons. The number of rotatable bonds is 5. The lowest BCUT2D eigenvalue weighted by Gasteiger charge is -2.23. The Morgan fingerprint density at radius 1 is 1.44 bits per heavy atom. The maximum Gasteiger partial charge on any atom is 0.326 e. The monoisotopic (exact) mass is 272 g/mol. The lowest BCUT2D eigenvalue weighted by molar-refractivity contribution is -0.141. The van der Waals surface area contributed by atoms with Gasteiger partial charge in [-0.25, -0.2) is 9.59 Å². The summed E-state index contributed by atoms with van der Waals surface area (Å²) in [5.41, 5.74) is 0. The van der Waals surface area contributed by atoms with Gasteiger partial charge in [0.15, 0.2) is 0 Å². The van der Waals surface area contributed by atoms with Crippen LogP contribution in [0.15, 0.2) is 0 Å². The first-order valence-electron chi connectivity index (χ1n) is 5.58. The minimum Gasteiger partial charge on any atom is -0.480 e. The van der Waals surface area contributed by atoms with Gasteiger partial charge in [-0.05, 0) is 12.8 Å². The number of aromatic nitrogens is 2. The quantitative estimate of drug-likeness (QED) is 0.845. The minimum absolute atomic E-state index is 0.343. The lowest BCUT2D eigenvalue weighted by Crippen LogP contribution is -2.44. The average molecular weight is 272 g/mol. The topological polar surface area (TPSA) is 95.4 Å². The number of amides is 2. The van der Waals surface area contributed by atoms with E-state index in [-0.39, 0.29) is 0 Å². The van der Waals surface area contributed by atoms with Gasteiger partial charge >= 0.3 is 12.0 Å². The van der Waals surface area contributed by atoms with E-state index in [9.17, 15) is 9.59 Å². The third-order valence-corrected chi connectivity index (χ3v) is 3.43. The van der Waals surface area contributed by atoms with Crippen molar-refractivity contribution in [1.82, 2.24) is 15.1 Å². The van der Waals surface area contributed by atoms with E-state index in [1.807, 2.05) is 6.92 Å². The van der Waals surface area contributed by atoms with Crippen LogP contribution >= 0.6 is 11.3 Å². The molecule has 1 heterocycles. The summed E-state index contributed by atoms with van der Waals surface area (Å²) in [6.07, 6.45) is 1.09. The third-order valence-electron chi connectivity index (χ3n) is 2.44. The predicted octanol–water partition coefficient (Wildman–Crippen LogP) is 1.43. The molecule has 1 atom stereocenters. The van der Waals surface area contributed by atoms with Crippen LogP contribution in [-0.4, -0.2) is 45.3 Å². The van der Waals surface area contributed by atoms with E-state index in [0.29, 0.717) is 11.6 Å². The van der Waals surface area contributed by atoms with Gasteiger partial charge < -0.3 is 10.0 Å². The van der Waals surface area contributed by atoms with Gasteiger partial charge in [-0.15, -0.1) is 10.2 Å². The molecule has 0 fully saturated rings. The molecule has 0 aromatic carbocycles. The molecule has 0 aliphatic carbocycles. The molecule has 0 aliphatic rings. The number of anilines is 1. The number of carbonyl (C=O) groups excluding carboxylic acids is 1. The Morgan fingerprint density at radius 2 is 2.11 bits per heavy atom. The fourth-order valence-corrected chi connectivity index (χ4v) is 2.05. The molecule has 0 saturated heterocycles. The van der Waals surface area contributed by atoms with E-state index < -0.39 is 18.0 Å². The Kier molecular flexibility index (Phi) is 5.02. The molecule has 0 aliphatic heterocycles. The van der Waals surface area contributed by atoms with Crippen LogP contribution in [0.4, 0.5) is 9.93 Å². The molecule has 8 heteroatoms. The average Bonchev–Trinajstić information content (AvgIpc) is 2.77. The number of carboxylic acid groups (broad SMARTS) is 1. The first kappa shape index (κ1) is 14.4. The molecule has 7 nitrogen and oxygen atoms in total. The SMILES string of the molecule is CCc1nnc(NC(=O)N(C)C(CC)C(=O)O)s1. The van der Waals surface area contributed by atoms with E-state index in [2.05, 4.69) is 15.5 Å². The first-order chi connectivity index (χ1) is 8.49. The number of nitrogens with zero attached hydrogens (tertiary/aromatic N) is 3. The summed E-state index contributed by atoms with van der Waals surface area (Å²) in [6, 6.07) is -1.34. The number of aryl methyl sites for hydroxylation is 1. The van der Waals surface area contributed by atoms with Crippen molar-refractivity contribution in [3.63, 3.8) is 0 Å². The zero-order chi connectivity index (χ0) is 13.7. The highest BCUT2D eigenvalue weighted by Gasteiger charge is 2.25. The molecular formula is C10H16N4O3S. The summed E-state index contributed by atoms with van der Waals surface area (Å²) in [5, 5.41) is 20.4. The molecular weight excluding hydrogens is 256 g/mol. The molecule has 0 saturated carbocycles. The van der Waals surface area contributed by atoms with Crippen LogP contribution in [0.2, 0.25) is 0 Å². The second kappa shape index (κ2) is 6.29. The number of hydrogen-bond acceptors (Lipinski definition) is 5. The van der Waals surface area contributed by atoms with Crippen molar-refractivity contribution in [3.05, 3.63) is 5.01 Å². The fourth-order valence-electron chi connectivity index (χ4n) is 1.38. The van der Waals surface area contributed by atoms with Crippen molar-refractivity contribution in [2.24, 2.45) is 0 Å². The largest absolute Gasteiger partial charge is 0.480 e. The van der Waals surface area contributed by atoms with Crippen LogP contribution in [-0.2, 0) is 11.2 Å². The van der Waals surface area contributed by atoms with E-state index in [4.69, 9.17) is 5.11 Å². The molecule has 1 rings (SSSR count). The Morgan fingerprint density at radius 3 is 2.56 bits per heavy atom. The first-order valence-corrected chi connectivity index (χ1v) is 6.40. The van der Waals surface area contributed by atoms with Crippen molar-refractivity contribution in [2.45, 2.75) is 32.7 Å². The summed E-state index contributed by atoms with van der Waals surface area (Å²) in [5.74, 6) is -1.03. The number of carbonyl (C=O) groups is 2. The van der Waals surface area contributed by atoms with Crippen molar-refractivity contribution in [3.8, 4) is 0 Å². The van der Waals surface area contributed by atoms with Gasteiger partial charge in [0.25, 0.3) is 0 Å². The Labute approximate surface area is 109 Å². The Balaban J connectivity index is 2.66. The molecule has 0 spiro atoms. The zero-order valence-corrected chi connectivity index (χ0v) is 11.3. The minimum atomic E-state index is -1.03. The second-order valence-corrected chi connectivity index (χ2v) is 4.72. The van der Waals surface area contributed by atoms with Gasteiger partial charge in [0.1, 0.15) is 11.0 Å². The van der Waals surface area contributed by atoms with E-state index in [0.717, 1.165) is 16.3 Å². The lowest BCUT2D eigenvalue weighted by atomic mass is 10.2. The van der Waals surface area contributed by atoms with Crippen LogP contribution in [0.5, 0.6) is 0 Å². The second-order valence-electron chi connectivity index (χ2n) is 3.66. The molecule has 1 unspecified atom stereocenters. The van der Waals surface area contributed by atoms with Crippen molar-refractivity contribution < 1.29 is 14.7 Å². The summed E-state index contributed by atoms with van der Waals surface area (Å²) in [6.45, 7) is 3.65. The van der Waals surface area contributed by atoms with E-state index in [1.165, 1.54) is 18.4 Å². The molecule has 1 aromatic rings. The fraction of sp³-hybridized carbons (Fsp3) is 0.600. The van der Waals surface area contributed by atoms with E-state index in [1.54, 1.807) is 6.92 Å². The zero-order valence-electron chi connectivity index (χ0n) is 10.5. The van der Waals surface area contributed by atoms with Crippen molar-refractivity contribution in [1.29, 1.82) is 0 Å². The van der Waals surface area contributed by atoms with E-state index >= 15 is 0 Å². The highest BCUT2D eigenvalue weighted by atomic mass is 32.1. The molecule has 2 N–H and O–H groups in total. The van der Waals surface area contributed by atoms with Crippen LogP contribution in [0, 0.1) is 0 Å². The Hall–Kier alpha value is -1.70.